The first-order valence-electron chi connectivity index (χ1n) is 10.1. The molecule has 0 spiro atoms. The zero-order valence-electron chi connectivity index (χ0n) is 18.2. The largest absolute Gasteiger partial charge is 0.494 e. The van der Waals surface area contributed by atoms with Gasteiger partial charge in [0, 0.05) is 52.9 Å². The molecular weight excluding hydrogens is 373 g/mol. The second-order valence-corrected chi connectivity index (χ2v) is 7.88. The van der Waals surface area contributed by atoms with Crippen LogP contribution in [0.15, 0.2) is 23.2 Å². The molecule has 0 atom stereocenters. The van der Waals surface area contributed by atoms with Crippen LogP contribution in [0.5, 0.6) is 5.75 Å². The predicted molar refractivity (Wildman–Crippen MR) is 114 cm³/mol. The SMILES string of the molecule is CCNC(=O)C(C)(C)CNC(=NC)N1CCN(Cc2ccc(OC)c(F)c2)CC1. The molecule has 29 heavy (non-hydrogen) atoms. The molecule has 1 aromatic carbocycles. The van der Waals surface area contributed by atoms with Crippen LogP contribution in [0.4, 0.5) is 4.39 Å². The van der Waals surface area contributed by atoms with E-state index in [2.05, 4.69) is 25.4 Å². The van der Waals surface area contributed by atoms with E-state index in [9.17, 15) is 9.18 Å². The van der Waals surface area contributed by atoms with Gasteiger partial charge in [0.05, 0.1) is 12.5 Å². The number of halogens is 1. The third-order valence-corrected chi connectivity index (χ3v) is 5.15. The van der Waals surface area contributed by atoms with Gasteiger partial charge < -0.3 is 20.3 Å². The maximum absolute atomic E-state index is 13.9. The van der Waals surface area contributed by atoms with Crippen molar-refractivity contribution < 1.29 is 13.9 Å². The van der Waals surface area contributed by atoms with E-state index in [0.717, 1.165) is 37.7 Å². The van der Waals surface area contributed by atoms with Gasteiger partial charge in [-0.1, -0.05) is 6.07 Å². The Hall–Kier alpha value is -2.35. The van der Waals surface area contributed by atoms with Gasteiger partial charge in [-0.05, 0) is 38.5 Å². The van der Waals surface area contributed by atoms with E-state index >= 15 is 0 Å². The first-order valence-corrected chi connectivity index (χ1v) is 10.1. The second-order valence-electron chi connectivity index (χ2n) is 7.88. The highest BCUT2D eigenvalue weighted by Gasteiger charge is 2.28. The lowest BCUT2D eigenvalue weighted by Gasteiger charge is -2.37. The number of nitrogens with zero attached hydrogens (tertiary/aromatic N) is 3. The molecule has 1 saturated heterocycles. The van der Waals surface area contributed by atoms with Crippen LogP contribution in [-0.2, 0) is 11.3 Å². The molecular formula is C21H34FN5O2. The number of carbonyl (C=O) groups excluding carboxylic acids is 1. The predicted octanol–water partition coefficient (Wildman–Crippen LogP) is 1.69. The molecule has 7 nitrogen and oxygen atoms in total. The minimum atomic E-state index is -0.522. The van der Waals surface area contributed by atoms with Crippen LogP contribution >= 0.6 is 0 Å². The van der Waals surface area contributed by atoms with Gasteiger partial charge in [-0.3, -0.25) is 14.7 Å². The first-order chi connectivity index (χ1) is 13.8. The maximum Gasteiger partial charge on any atom is 0.227 e. The lowest BCUT2D eigenvalue weighted by atomic mass is 9.92. The maximum atomic E-state index is 13.9. The van der Waals surface area contributed by atoms with Crippen molar-refractivity contribution in [2.45, 2.75) is 27.3 Å². The van der Waals surface area contributed by atoms with Gasteiger partial charge >= 0.3 is 0 Å². The molecule has 1 aromatic rings. The third-order valence-electron chi connectivity index (χ3n) is 5.15. The molecule has 0 bridgehead atoms. The molecule has 0 aliphatic carbocycles. The molecule has 1 aliphatic rings. The molecule has 0 aromatic heterocycles. The lowest BCUT2D eigenvalue weighted by molar-refractivity contribution is -0.128. The minimum absolute atomic E-state index is 0.0273. The Kier molecular flexibility index (Phi) is 8.25. The number of ether oxygens (including phenoxy) is 1. The minimum Gasteiger partial charge on any atom is -0.494 e. The van der Waals surface area contributed by atoms with Crippen LogP contribution in [0.3, 0.4) is 0 Å². The highest BCUT2D eigenvalue weighted by atomic mass is 19.1. The molecule has 1 aliphatic heterocycles. The quantitative estimate of drug-likeness (QED) is 0.532. The zero-order chi connectivity index (χ0) is 21.4. The van der Waals surface area contributed by atoms with Crippen molar-refractivity contribution in [3.05, 3.63) is 29.6 Å². The highest BCUT2D eigenvalue weighted by Crippen LogP contribution is 2.19. The Morgan fingerprint density at radius 2 is 1.93 bits per heavy atom. The van der Waals surface area contributed by atoms with Crippen LogP contribution in [0, 0.1) is 11.2 Å². The number of rotatable bonds is 7. The van der Waals surface area contributed by atoms with Gasteiger partial charge in [-0.15, -0.1) is 0 Å². The molecule has 8 heteroatoms. The molecule has 1 heterocycles. The summed E-state index contributed by atoms with van der Waals surface area (Å²) in [5.41, 5.74) is 0.412. The Morgan fingerprint density at radius 1 is 1.24 bits per heavy atom. The average molecular weight is 408 g/mol. The lowest BCUT2D eigenvalue weighted by Crippen LogP contribution is -2.54. The number of nitrogens with one attached hydrogen (secondary N) is 2. The molecule has 2 rings (SSSR count). The molecule has 2 N–H and O–H groups in total. The zero-order valence-corrected chi connectivity index (χ0v) is 18.2. The van der Waals surface area contributed by atoms with Crippen LogP contribution in [0.1, 0.15) is 26.3 Å². The summed E-state index contributed by atoms with van der Waals surface area (Å²) >= 11 is 0. The third kappa shape index (κ3) is 6.32. The number of methoxy groups -OCH3 is 1. The van der Waals surface area contributed by atoms with Crippen molar-refractivity contribution >= 4 is 11.9 Å². The fourth-order valence-electron chi connectivity index (χ4n) is 3.30. The number of guanidine groups is 1. The van der Waals surface area contributed by atoms with Gasteiger partial charge in [0.25, 0.3) is 0 Å². The van der Waals surface area contributed by atoms with Crippen LogP contribution in [0.2, 0.25) is 0 Å². The second kappa shape index (κ2) is 10.4. The Morgan fingerprint density at radius 3 is 2.48 bits per heavy atom. The van der Waals surface area contributed by atoms with E-state index in [0.29, 0.717) is 19.6 Å². The number of hydrogen-bond donors (Lipinski definition) is 2. The van der Waals surface area contributed by atoms with Gasteiger partial charge in [0.2, 0.25) is 5.91 Å². The normalized spacial score (nSPS) is 15.9. The topological polar surface area (TPSA) is 69.2 Å². The Balaban J connectivity index is 1.85. The van der Waals surface area contributed by atoms with Gasteiger partial charge in [-0.2, -0.15) is 0 Å². The number of benzene rings is 1. The molecule has 162 valence electrons. The summed E-state index contributed by atoms with van der Waals surface area (Å²) < 4.78 is 18.9. The van der Waals surface area contributed by atoms with E-state index in [4.69, 9.17) is 4.74 Å². The molecule has 1 amide bonds. The standard InChI is InChI=1S/C21H34FN5O2/c1-6-24-19(28)21(2,3)15-25-20(23-4)27-11-9-26(10-12-27)14-16-7-8-18(29-5)17(22)13-16/h7-8,13H,6,9-12,14-15H2,1-5H3,(H,23,25)(H,24,28). The van der Waals surface area contributed by atoms with Crippen LogP contribution in [0.25, 0.3) is 0 Å². The van der Waals surface area contributed by atoms with Crippen molar-refractivity contribution in [1.29, 1.82) is 0 Å². The van der Waals surface area contributed by atoms with E-state index in [1.807, 2.05) is 26.8 Å². The fourth-order valence-corrected chi connectivity index (χ4v) is 3.30. The molecule has 1 fully saturated rings. The average Bonchev–Trinajstić information content (AvgIpc) is 2.70. The summed E-state index contributed by atoms with van der Waals surface area (Å²) in [6.07, 6.45) is 0. The van der Waals surface area contributed by atoms with E-state index in [1.54, 1.807) is 13.1 Å². The smallest absolute Gasteiger partial charge is 0.227 e. The molecule has 0 radical (unpaired) electrons. The van der Waals surface area contributed by atoms with E-state index < -0.39 is 5.41 Å². The molecule has 0 saturated carbocycles. The van der Waals surface area contributed by atoms with Gasteiger partial charge in [-0.25, -0.2) is 4.39 Å². The summed E-state index contributed by atoms with van der Waals surface area (Å²) in [6, 6.07) is 5.11. The Bertz CT molecular complexity index is 715. The Labute approximate surface area is 173 Å². The highest BCUT2D eigenvalue weighted by molar-refractivity contribution is 5.84. The number of amides is 1. The summed E-state index contributed by atoms with van der Waals surface area (Å²) in [6.45, 7) is 10.9. The van der Waals surface area contributed by atoms with Gasteiger partial charge in [0.15, 0.2) is 17.5 Å². The monoisotopic (exact) mass is 407 g/mol. The van der Waals surface area contributed by atoms with Crippen LogP contribution < -0.4 is 15.4 Å². The first kappa shape index (κ1) is 22.9. The van der Waals surface area contributed by atoms with Crippen molar-refractivity contribution in [3.8, 4) is 5.75 Å². The number of aliphatic imine (C=N–C) groups is 1. The number of carbonyl (C=O) groups is 1. The van der Waals surface area contributed by atoms with Crippen LogP contribution in [-0.4, -0.2) is 75.1 Å². The number of hydrogen-bond acceptors (Lipinski definition) is 4. The summed E-state index contributed by atoms with van der Waals surface area (Å²) in [5, 5.41) is 6.21. The summed E-state index contributed by atoms with van der Waals surface area (Å²) in [5.74, 6) is 0.768. The number of piperazine rings is 1. The molecule has 0 unspecified atom stereocenters. The van der Waals surface area contributed by atoms with Crippen molar-refractivity contribution in [2.24, 2.45) is 10.4 Å². The fraction of sp³-hybridized carbons (Fsp3) is 0.619. The van der Waals surface area contributed by atoms with Gasteiger partial charge in [0.1, 0.15) is 0 Å². The summed E-state index contributed by atoms with van der Waals surface area (Å²) in [4.78, 5) is 21.0. The summed E-state index contributed by atoms with van der Waals surface area (Å²) in [7, 11) is 3.23. The van der Waals surface area contributed by atoms with E-state index in [1.165, 1.54) is 13.2 Å². The van der Waals surface area contributed by atoms with Crippen molar-refractivity contribution in [2.75, 3.05) is 53.4 Å². The van der Waals surface area contributed by atoms with Crippen molar-refractivity contribution in [3.63, 3.8) is 0 Å². The van der Waals surface area contributed by atoms with E-state index in [-0.39, 0.29) is 17.5 Å². The van der Waals surface area contributed by atoms with Crippen molar-refractivity contribution in [1.82, 2.24) is 20.4 Å².